The lowest BCUT2D eigenvalue weighted by Crippen LogP contribution is -2.31. The number of hydrogen-bond donors (Lipinski definition) is 1. The van der Waals surface area contributed by atoms with Gasteiger partial charge >= 0.3 is 5.97 Å². The van der Waals surface area contributed by atoms with Crippen molar-refractivity contribution in [3.63, 3.8) is 0 Å². The third-order valence-corrected chi connectivity index (χ3v) is 8.39. The Bertz CT molecular complexity index is 1380. The van der Waals surface area contributed by atoms with Gasteiger partial charge < -0.3 is 24.1 Å². The summed E-state index contributed by atoms with van der Waals surface area (Å²) < 4.78 is 21.8. The van der Waals surface area contributed by atoms with Crippen LogP contribution in [0.25, 0.3) is 0 Å². The molecule has 0 saturated carbocycles. The average Bonchev–Trinajstić information content (AvgIpc) is 3.19. The van der Waals surface area contributed by atoms with Gasteiger partial charge in [0.05, 0.1) is 48.3 Å². The number of thioether (sulfide) groups is 2. The molecule has 2 amide bonds. The Hall–Kier alpha value is -3.93. The van der Waals surface area contributed by atoms with E-state index in [1.807, 2.05) is 24.3 Å². The number of benzene rings is 3. The number of rotatable bonds is 14. The molecule has 9 nitrogen and oxygen atoms in total. The molecule has 42 heavy (non-hydrogen) atoms. The van der Waals surface area contributed by atoms with Crippen LogP contribution in [0, 0.1) is 0 Å². The molecule has 0 atom stereocenters. The van der Waals surface area contributed by atoms with Gasteiger partial charge in [0.2, 0.25) is 0 Å². The SMILES string of the molecule is COc1ccc(SC2=C(Sc3ccc(OC)cc3)C(=O)N(c3ccc(OCCOC(C)(C)CC(=O)O)cc3)C2=O)cc1. The van der Waals surface area contributed by atoms with Crippen LogP contribution in [0.1, 0.15) is 20.3 Å². The van der Waals surface area contributed by atoms with Crippen molar-refractivity contribution in [1.82, 2.24) is 0 Å². The Labute approximate surface area is 252 Å². The van der Waals surface area contributed by atoms with E-state index in [2.05, 4.69) is 0 Å². The van der Waals surface area contributed by atoms with Crippen molar-refractivity contribution in [3.05, 3.63) is 82.6 Å². The molecule has 1 aliphatic heterocycles. The van der Waals surface area contributed by atoms with Gasteiger partial charge in [0, 0.05) is 9.79 Å². The Kier molecular flexibility index (Phi) is 10.2. The van der Waals surface area contributed by atoms with Crippen LogP contribution in [0.4, 0.5) is 5.69 Å². The van der Waals surface area contributed by atoms with E-state index in [0.29, 0.717) is 32.7 Å². The van der Waals surface area contributed by atoms with E-state index >= 15 is 0 Å². The molecule has 4 rings (SSSR count). The van der Waals surface area contributed by atoms with Gasteiger partial charge in [-0.25, -0.2) is 4.90 Å². The summed E-state index contributed by atoms with van der Waals surface area (Å²) in [7, 11) is 3.16. The Balaban J connectivity index is 1.50. The lowest BCUT2D eigenvalue weighted by Gasteiger charge is -2.23. The number of ether oxygens (including phenoxy) is 4. The summed E-state index contributed by atoms with van der Waals surface area (Å²) in [6.45, 7) is 3.82. The molecule has 3 aromatic carbocycles. The summed E-state index contributed by atoms with van der Waals surface area (Å²) in [5, 5.41) is 8.98. The van der Waals surface area contributed by atoms with E-state index < -0.39 is 23.4 Å². The average molecular weight is 610 g/mol. The number of imide groups is 1. The van der Waals surface area contributed by atoms with Gasteiger partial charge in [0.25, 0.3) is 11.8 Å². The number of aliphatic carboxylic acids is 1. The van der Waals surface area contributed by atoms with E-state index in [1.54, 1.807) is 76.6 Å². The maximum absolute atomic E-state index is 13.7. The largest absolute Gasteiger partial charge is 0.497 e. The Morgan fingerprint density at radius 2 is 1.19 bits per heavy atom. The van der Waals surface area contributed by atoms with Crippen LogP contribution in [0.15, 0.2) is 92.4 Å². The van der Waals surface area contributed by atoms with Crippen molar-refractivity contribution < 1.29 is 38.4 Å². The molecule has 0 aromatic heterocycles. The van der Waals surface area contributed by atoms with E-state index in [-0.39, 0.29) is 19.6 Å². The monoisotopic (exact) mass is 609 g/mol. The number of carbonyl (C=O) groups is 3. The minimum atomic E-state index is -0.937. The van der Waals surface area contributed by atoms with E-state index in [0.717, 1.165) is 9.79 Å². The summed E-state index contributed by atoms with van der Waals surface area (Å²) in [6, 6.07) is 21.2. The minimum Gasteiger partial charge on any atom is -0.497 e. The lowest BCUT2D eigenvalue weighted by atomic mass is 10.1. The second-order valence-corrected chi connectivity index (χ2v) is 11.8. The zero-order valence-electron chi connectivity index (χ0n) is 23.6. The van der Waals surface area contributed by atoms with Gasteiger partial charge in [-0.15, -0.1) is 0 Å². The number of anilines is 1. The fraction of sp³-hybridized carbons (Fsp3) is 0.258. The number of methoxy groups -OCH3 is 2. The molecule has 220 valence electrons. The molecule has 0 fully saturated rings. The summed E-state index contributed by atoms with van der Waals surface area (Å²) in [5.74, 6) is 0.127. The van der Waals surface area contributed by atoms with Crippen LogP contribution in [-0.2, 0) is 19.1 Å². The minimum absolute atomic E-state index is 0.120. The van der Waals surface area contributed by atoms with Crippen molar-refractivity contribution in [2.45, 2.75) is 35.7 Å². The highest BCUT2D eigenvalue weighted by Crippen LogP contribution is 2.44. The summed E-state index contributed by atoms with van der Waals surface area (Å²) in [4.78, 5) is 41.7. The molecule has 0 unspecified atom stereocenters. The summed E-state index contributed by atoms with van der Waals surface area (Å²) >= 11 is 2.46. The van der Waals surface area contributed by atoms with E-state index in [4.69, 9.17) is 24.1 Å². The van der Waals surface area contributed by atoms with Crippen LogP contribution in [0.3, 0.4) is 0 Å². The number of hydrogen-bond acceptors (Lipinski definition) is 9. The highest BCUT2D eigenvalue weighted by Gasteiger charge is 2.40. The summed E-state index contributed by atoms with van der Waals surface area (Å²) in [6.07, 6.45) is -0.120. The van der Waals surface area contributed by atoms with Crippen molar-refractivity contribution in [1.29, 1.82) is 0 Å². The number of carboxylic acids is 1. The molecule has 0 bridgehead atoms. The summed E-state index contributed by atoms with van der Waals surface area (Å²) in [5.41, 5.74) is -0.402. The predicted octanol–water partition coefficient (Wildman–Crippen LogP) is 6.02. The number of nitrogens with zero attached hydrogens (tertiary/aromatic N) is 1. The predicted molar refractivity (Wildman–Crippen MR) is 161 cm³/mol. The third kappa shape index (κ3) is 7.87. The molecule has 0 spiro atoms. The fourth-order valence-corrected chi connectivity index (χ4v) is 5.99. The molecular formula is C31H31NO8S2. The van der Waals surface area contributed by atoms with Gasteiger partial charge in [-0.1, -0.05) is 23.5 Å². The zero-order chi connectivity index (χ0) is 30.3. The molecule has 0 aliphatic carbocycles. The van der Waals surface area contributed by atoms with Crippen LogP contribution in [-0.4, -0.2) is 55.9 Å². The second-order valence-electron chi connectivity index (χ2n) is 9.68. The molecule has 1 N–H and O–H groups in total. The number of carboxylic acid groups (broad SMARTS) is 1. The Morgan fingerprint density at radius 3 is 1.62 bits per heavy atom. The van der Waals surface area contributed by atoms with Crippen LogP contribution >= 0.6 is 23.5 Å². The normalized spacial score (nSPS) is 13.5. The van der Waals surface area contributed by atoms with Crippen molar-refractivity contribution in [2.24, 2.45) is 0 Å². The van der Waals surface area contributed by atoms with Crippen LogP contribution in [0.2, 0.25) is 0 Å². The van der Waals surface area contributed by atoms with E-state index in [1.165, 1.54) is 28.4 Å². The van der Waals surface area contributed by atoms with Crippen LogP contribution in [0.5, 0.6) is 17.2 Å². The first kappa shape index (κ1) is 31.0. The molecule has 11 heteroatoms. The van der Waals surface area contributed by atoms with Gasteiger partial charge in [-0.3, -0.25) is 14.4 Å². The topological polar surface area (TPSA) is 112 Å². The first-order chi connectivity index (χ1) is 20.1. The quantitative estimate of drug-likeness (QED) is 0.172. The molecular weight excluding hydrogens is 578 g/mol. The number of carbonyl (C=O) groups excluding carboxylic acids is 2. The standard InChI is InChI=1S/C31H31NO8S2/c1-31(2,19-26(33)34)40-18-17-39-23-7-5-20(6-8-23)32-29(35)27(41-24-13-9-21(37-3)10-14-24)28(30(32)36)42-25-15-11-22(38-4)12-16-25/h5-16H,17-19H2,1-4H3,(H,33,34). The first-order valence-corrected chi connectivity index (χ1v) is 14.6. The molecule has 3 aromatic rings. The second kappa shape index (κ2) is 13.8. The maximum Gasteiger partial charge on any atom is 0.306 e. The van der Waals surface area contributed by atoms with Gasteiger partial charge in [0.15, 0.2) is 0 Å². The van der Waals surface area contributed by atoms with Crippen molar-refractivity contribution >= 4 is 47.0 Å². The smallest absolute Gasteiger partial charge is 0.306 e. The zero-order valence-corrected chi connectivity index (χ0v) is 25.3. The third-order valence-electron chi connectivity index (χ3n) is 6.08. The number of amides is 2. The highest BCUT2D eigenvalue weighted by molar-refractivity contribution is 8.08. The van der Waals surface area contributed by atoms with Gasteiger partial charge in [-0.2, -0.15) is 0 Å². The van der Waals surface area contributed by atoms with E-state index in [9.17, 15) is 14.4 Å². The van der Waals surface area contributed by atoms with Crippen molar-refractivity contribution in [3.8, 4) is 17.2 Å². The fourth-order valence-electron chi connectivity index (χ4n) is 4.01. The van der Waals surface area contributed by atoms with Crippen LogP contribution < -0.4 is 19.1 Å². The highest BCUT2D eigenvalue weighted by atomic mass is 32.2. The van der Waals surface area contributed by atoms with Crippen molar-refractivity contribution in [2.75, 3.05) is 32.3 Å². The van der Waals surface area contributed by atoms with Gasteiger partial charge in [-0.05, 0) is 86.6 Å². The lowest BCUT2D eigenvalue weighted by molar-refractivity contribution is -0.144. The molecule has 0 radical (unpaired) electrons. The maximum atomic E-state index is 13.7. The van der Waals surface area contributed by atoms with Gasteiger partial charge in [0.1, 0.15) is 23.9 Å². The molecule has 1 aliphatic rings. The molecule has 0 saturated heterocycles. The molecule has 1 heterocycles. The Morgan fingerprint density at radius 1 is 0.738 bits per heavy atom. The first-order valence-electron chi connectivity index (χ1n) is 13.0.